The Morgan fingerprint density at radius 2 is 1.64 bits per heavy atom. The molecule has 1 amide bonds. The minimum atomic E-state index is -0.420. The zero-order valence-electron chi connectivity index (χ0n) is 15.2. The van der Waals surface area contributed by atoms with Gasteiger partial charge in [-0.15, -0.1) is 0 Å². The number of hydrogen-bond acceptors (Lipinski definition) is 4. The lowest BCUT2D eigenvalue weighted by Crippen LogP contribution is -2.31. The van der Waals surface area contributed by atoms with E-state index in [1.165, 1.54) is 4.57 Å². The van der Waals surface area contributed by atoms with Crippen molar-refractivity contribution in [1.29, 1.82) is 0 Å². The van der Waals surface area contributed by atoms with Crippen LogP contribution in [0.15, 0.2) is 79.0 Å². The van der Waals surface area contributed by atoms with Crippen molar-refractivity contribution in [2.75, 3.05) is 0 Å². The van der Waals surface area contributed by atoms with Gasteiger partial charge in [-0.05, 0) is 36.8 Å². The Balaban J connectivity index is 1.74. The number of imidazole rings is 1. The van der Waals surface area contributed by atoms with Gasteiger partial charge in [-0.3, -0.25) is 19.1 Å². The fourth-order valence-electron chi connectivity index (χ4n) is 3.07. The highest BCUT2D eigenvalue weighted by atomic mass is 16.2. The van der Waals surface area contributed by atoms with Gasteiger partial charge in [0, 0.05) is 6.20 Å². The average molecular weight is 370 g/mol. The van der Waals surface area contributed by atoms with E-state index in [4.69, 9.17) is 0 Å². The van der Waals surface area contributed by atoms with E-state index >= 15 is 0 Å². The SMILES string of the molecule is CC(NC(=O)c1nc2ccccc2n1C(=O)c1ccccn1)c1ccccc1. The number of para-hydroxylation sites is 2. The molecule has 6 heteroatoms. The zero-order chi connectivity index (χ0) is 19.5. The van der Waals surface area contributed by atoms with Gasteiger partial charge >= 0.3 is 0 Å². The van der Waals surface area contributed by atoms with Gasteiger partial charge < -0.3 is 5.32 Å². The third-order valence-corrected chi connectivity index (χ3v) is 4.50. The number of carbonyl (C=O) groups excluding carboxylic acids is 2. The van der Waals surface area contributed by atoms with Crippen LogP contribution in [0.4, 0.5) is 0 Å². The largest absolute Gasteiger partial charge is 0.343 e. The molecular formula is C22H18N4O2. The van der Waals surface area contributed by atoms with Crippen LogP contribution in [-0.2, 0) is 0 Å². The lowest BCUT2D eigenvalue weighted by Gasteiger charge is -2.14. The lowest BCUT2D eigenvalue weighted by molar-refractivity contribution is 0.0888. The number of pyridine rings is 1. The molecule has 2 heterocycles. The van der Waals surface area contributed by atoms with E-state index in [0.29, 0.717) is 11.0 Å². The molecule has 0 saturated heterocycles. The molecule has 4 rings (SSSR count). The first-order chi connectivity index (χ1) is 13.6. The van der Waals surface area contributed by atoms with Crippen molar-refractivity contribution in [2.45, 2.75) is 13.0 Å². The van der Waals surface area contributed by atoms with Gasteiger partial charge in [0.05, 0.1) is 17.1 Å². The third kappa shape index (κ3) is 3.27. The molecular weight excluding hydrogens is 352 g/mol. The normalized spacial score (nSPS) is 11.9. The number of nitrogens with one attached hydrogen (secondary N) is 1. The van der Waals surface area contributed by atoms with Crippen molar-refractivity contribution in [3.05, 3.63) is 96.1 Å². The molecule has 0 fully saturated rings. The predicted octanol–water partition coefficient (Wildman–Crippen LogP) is 3.61. The fourth-order valence-corrected chi connectivity index (χ4v) is 3.07. The van der Waals surface area contributed by atoms with Crippen LogP contribution < -0.4 is 5.32 Å². The number of rotatable bonds is 4. The third-order valence-electron chi connectivity index (χ3n) is 4.50. The predicted molar refractivity (Wildman–Crippen MR) is 106 cm³/mol. The number of hydrogen-bond donors (Lipinski definition) is 1. The van der Waals surface area contributed by atoms with Crippen molar-refractivity contribution >= 4 is 22.8 Å². The number of benzene rings is 2. The maximum atomic E-state index is 13.1. The lowest BCUT2D eigenvalue weighted by atomic mass is 10.1. The molecule has 0 bridgehead atoms. The van der Waals surface area contributed by atoms with E-state index in [-0.39, 0.29) is 17.6 Å². The van der Waals surface area contributed by atoms with Crippen LogP contribution in [0.3, 0.4) is 0 Å². The first-order valence-corrected chi connectivity index (χ1v) is 8.94. The molecule has 4 aromatic rings. The van der Waals surface area contributed by atoms with Crippen LogP contribution in [0.5, 0.6) is 0 Å². The Morgan fingerprint density at radius 3 is 2.39 bits per heavy atom. The van der Waals surface area contributed by atoms with Crippen LogP contribution in [0.2, 0.25) is 0 Å². The number of nitrogens with zero attached hydrogens (tertiary/aromatic N) is 3. The summed E-state index contributed by atoms with van der Waals surface area (Å²) in [7, 11) is 0. The van der Waals surface area contributed by atoms with E-state index in [1.807, 2.05) is 43.3 Å². The van der Waals surface area contributed by atoms with Gasteiger partial charge in [0.15, 0.2) is 0 Å². The van der Waals surface area contributed by atoms with Crippen molar-refractivity contribution in [2.24, 2.45) is 0 Å². The molecule has 1 unspecified atom stereocenters. The summed E-state index contributed by atoms with van der Waals surface area (Å²) in [4.78, 5) is 34.6. The van der Waals surface area contributed by atoms with Crippen LogP contribution in [-0.4, -0.2) is 26.3 Å². The van der Waals surface area contributed by atoms with Crippen LogP contribution >= 0.6 is 0 Å². The van der Waals surface area contributed by atoms with Gasteiger partial charge in [0.1, 0.15) is 5.69 Å². The average Bonchev–Trinajstić information content (AvgIpc) is 3.14. The smallest absolute Gasteiger partial charge is 0.288 e. The minimum absolute atomic E-state index is 0.0413. The Labute approximate surface area is 161 Å². The maximum Gasteiger partial charge on any atom is 0.288 e. The van der Waals surface area contributed by atoms with Gasteiger partial charge in [-0.2, -0.15) is 0 Å². The van der Waals surface area contributed by atoms with Crippen molar-refractivity contribution in [3.8, 4) is 0 Å². The van der Waals surface area contributed by atoms with E-state index < -0.39 is 11.8 Å². The molecule has 138 valence electrons. The second-order valence-corrected chi connectivity index (χ2v) is 6.39. The van der Waals surface area contributed by atoms with Crippen molar-refractivity contribution < 1.29 is 9.59 Å². The Bertz CT molecular complexity index is 1140. The summed E-state index contributed by atoms with van der Waals surface area (Å²) in [5.41, 5.74) is 2.35. The highest BCUT2D eigenvalue weighted by Crippen LogP contribution is 2.19. The number of aromatic nitrogens is 3. The Kier molecular flexibility index (Phi) is 4.68. The molecule has 0 radical (unpaired) electrons. The highest BCUT2D eigenvalue weighted by Gasteiger charge is 2.24. The zero-order valence-corrected chi connectivity index (χ0v) is 15.2. The second-order valence-electron chi connectivity index (χ2n) is 6.39. The van der Waals surface area contributed by atoms with Crippen LogP contribution in [0.1, 0.15) is 39.6 Å². The first kappa shape index (κ1) is 17.6. The second kappa shape index (κ2) is 7.44. The molecule has 2 aromatic heterocycles. The van der Waals surface area contributed by atoms with Gasteiger partial charge in [0.25, 0.3) is 11.8 Å². The van der Waals surface area contributed by atoms with Crippen LogP contribution in [0.25, 0.3) is 11.0 Å². The quantitative estimate of drug-likeness (QED) is 0.595. The molecule has 0 aliphatic rings. The highest BCUT2D eigenvalue weighted by molar-refractivity contribution is 6.06. The number of fused-ring (bicyclic) bond motifs is 1. The van der Waals surface area contributed by atoms with Crippen LogP contribution in [0, 0.1) is 0 Å². The molecule has 0 aliphatic heterocycles. The molecule has 28 heavy (non-hydrogen) atoms. The summed E-state index contributed by atoms with van der Waals surface area (Å²) >= 11 is 0. The molecule has 1 N–H and O–H groups in total. The van der Waals surface area contributed by atoms with E-state index in [9.17, 15) is 9.59 Å². The fraction of sp³-hybridized carbons (Fsp3) is 0.0909. The molecule has 0 saturated carbocycles. The Morgan fingerprint density at radius 1 is 0.929 bits per heavy atom. The van der Waals surface area contributed by atoms with E-state index in [2.05, 4.69) is 15.3 Å². The summed E-state index contributed by atoms with van der Waals surface area (Å²) in [5, 5.41) is 2.93. The summed E-state index contributed by atoms with van der Waals surface area (Å²) in [6.45, 7) is 1.89. The summed E-state index contributed by atoms with van der Waals surface area (Å²) in [5.74, 6) is -0.775. The molecule has 2 aromatic carbocycles. The monoisotopic (exact) mass is 370 g/mol. The Hall–Kier alpha value is -3.80. The summed E-state index contributed by atoms with van der Waals surface area (Å²) in [6.07, 6.45) is 1.55. The standard InChI is InChI=1S/C22H18N4O2/c1-15(16-9-3-2-4-10-16)24-21(27)20-25-17-11-5-6-13-19(17)26(20)22(28)18-12-7-8-14-23-18/h2-15H,1H3,(H,24,27). The van der Waals surface area contributed by atoms with Gasteiger partial charge in [0.2, 0.25) is 5.82 Å². The summed E-state index contributed by atoms with van der Waals surface area (Å²) < 4.78 is 1.32. The minimum Gasteiger partial charge on any atom is -0.343 e. The van der Waals surface area contributed by atoms with Gasteiger partial charge in [-0.1, -0.05) is 48.5 Å². The molecule has 1 atom stereocenters. The maximum absolute atomic E-state index is 13.1. The molecule has 6 nitrogen and oxygen atoms in total. The number of amides is 1. The van der Waals surface area contributed by atoms with Crippen molar-refractivity contribution in [3.63, 3.8) is 0 Å². The van der Waals surface area contributed by atoms with E-state index in [1.54, 1.807) is 42.6 Å². The van der Waals surface area contributed by atoms with E-state index in [0.717, 1.165) is 5.56 Å². The van der Waals surface area contributed by atoms with Gasteiger partial charge in [-0.25, -0.2) is 4.98 Å². The van der Waals surface area contributed by atoms with Crippen molar-refractivity contribution in [1.82, 2.24) is 19.9 Å². The topological polar surface area (TPSA) is 76.9 Å². The number of carbonyl (C=O) groups is 2. The summed E-state index contributed by atoms with van der Waals surface area (Å²) in [6, 6.07) is 21.6. The first-order valence-electron chi connectivity index (χ1n) is 8.94. The molecule has 0 spiro atoms. The molecule has 0 aliphatic carbocycles.